The molecule has 1 aliphatic heterocycles. The number of nitrogens with zero attached hydrogens (tertiary/aromatic N) is 3. The van der Waals surface area contributed by atoms with E-state index in [1.54, 1.807) is 0 Å². The number of aryl methyl sites for hydroxylation is 1. The van der Waals surface area contributed by atoms with Gasteiger partial charge in [-0.15, -0.1) is 0 Å². The molecule has 0 aliphatic carbocycles. The maximum absolute atomic E-state index is 5.92. The highest BCUT2D eigenvalue weighted by molar-refractivity contribution is 7.98. The molecule has 1 atom stereocenters. The minimum atomic E-state index is 0.411. The molecule has 2 heterocycles. The van der Waals surface area contributed by atoms with E-state index in [1.807, 2.05) is 12.3 Å². The van der Waals surface area contributed by atoms with Gasteiger partial charge in [0.05, 0.1) is 0 Å². The lowest BCUT2D eigenvalue weighted by Crippen LogP contribution is -2.34. The Hall–Kier alpha value is -1.75. The van der Waals surface area contributed by atoms with Crippen molar-refractivity contribution < 1.29 is 0 Å². The van der Waals surface area contributed by atoms with Crippen LogP contribution in [0.2, 0.25) is 0 Å². The predicted molar refractivity (Wildman–Crippen MR) is 84.6 cm³/mol. The third kappa shape index (κ3) is 2.33. The van der Waals surface area contributed by atoms with Gasteiger partial charge in [0.15, 0.2) is 5.16 Å². The van der Waals surface area contributed by atoms with Crippen molar-refractivity contribution >= 4 is 29.1 Å². The monoisotopic (exact) mass is 286 g/mol. The molecule has 0 bridgehead atoms. The summed E-state index contributed by atoms with van der Waals surface area (Å²) in [6.45, 7) is 2.23. The van der Waals surface area contributed by atoms with Crippen LogP contribution < -0.4 is 10.6 Å². The van der Waals surface area contributed by atoms with Crippen molar-refractivity contribution in [3.05, 3.63) is 35.9 Å². The van der Waals surface area contributed by atoms with Gasteiger partial charge in [-0.3, -0.25) is 0 Å². The van der Waals surface area contributed by atoms with Gasteiger partial charge in [0, 0.05) is 17.8 Å². The predicted octanol–water partition coefficient (Wildman–Crippen LogP) is 3.25. The van der Waals surface area contributed by atoms with Crippen LogP contribution in [-0.2, 0) is 6.42 Å². The van der Waals surface area contributed by atoms with Gasteiger partial charge < -0.3 is 10.6 Å². The Labute approximate surface area is 123 Å². The smallest absolute Gasteiger partial charge is 0.191 e. The van der Waals surface area contributed by atoms with Crippen LogP contribution in [0.15, 0.2) is 35.5 Å². The fourth-order valence-corrected chi connectivity index (χ4v) is 3.06. The van der Waals surface area contributed by atoms with Crippen molar-refractivity contribution in [2.24, 2.45) is 0 Å². The van der Waals surface area contributed by atoms with Gasteiger partial charge >= 0.3 is 0 Å². The third-order valence-electron chi connectivity index (χ3n) is 3.66. The zero-order valence-corrected chi connectivity index (χ0v) is 12.5. The topological polar surface area (TPSA) is 55.0 Å². The lowest BCUT2D eigenvalue weighted by atomic mass is 9.97. The molecular formula is C15H18N4S. The first-order valence-corrected chi connectivity index (χ1v) is 7.97. The number of nitrogen functional groups attached to an aromatic ring is 1. The summed E-state index contributed by atoms with van der Waals surface area (Å²) >= 11 is 1.51. The molecule has 104 valence electrons. The summed E-state index contributed by atoms with van der Waals surface area (Å²) in [5, 5.41) is 0.718. The third-order valence-corrected chi connectivity index (χ3v) is 4.21. The Kier molecular flexibility index (Phi) is 3.53. The summed E-state index contributed by atoms with van der Waals surface area (Å²) in [5.41, 5.74) is 8.52. The van der Waals surface area contributed by atoms with E-state index in [0.717, 1.165) is 23.8 Å². The molecule has 2 aromatic rings. The number of aromatic nitrogens is 2. The molecule has 0 amide bonds. The van der Waals surface area contributed by atoms with E-state index in [1.165, 1.54) is 23.0 Å². The fourth-order valence-electron chi connectivity index (χ4n) is 2.68. The number of nitrogens with two attached hydrogens (primary N) is 1. The number of anilines is 3. The Morgan fingerprint density at radius 3 is 2.90 bits per heavy atom. The highest BCUT2D eigenvalue weighted by Crippen LogP contribution is 2.36. The van der Waals surface area contributed by atoms with Gasteiger partial charge in [-0.25, -0.2) is 9.97 Å². The van der Waals surface area contributed by atoms with Crippen LogP contribution in [0.5, 0.6) is 0 Å². The maximum Gasteiger partial charge on any atom is 0.191 e. The molecule has 1 aliphatic rings. The molecule has 1 aromatic heterocycles. The maximum atomic E-state index is 5.92. The largest absolute Gasteiger partial charge is 0.383 e. The summed E-state index contributed by atoms with van der Waals surface area (Å²) in [5.74, 6) is 1.41. The summed E-state index contributed by atoms with van der Waals surface area (Å²) < 4.78 is 0. The molecule has 1 aromatic carbocycles. The quantitative estimate of drug-likeness (QED) is 0.678. The molecule has 3 rings (SSSR count). The molecule has 5 heteroatoms. The van der Waals surface area contributed by atoms with Crippen molar-refractivity contribution in [2.75, 3.05) is 16.9 Å². The fraction of sp³-hybridized carbons (Fsp3) is 0.333. The van der Waals surface area contributed by atoms with E-state index < -0.39 is 0 Å². The van der Waals surface area contributed by atoms with Crippen molar-refractivity contribution in [1.29, 1.82) is 0 Å². The second kappa shape index (κ2) is 5.32. The molecular weight excluding hydrogens is 268 g/mol. The average molecular weight is 286 g/mol. The Morgan fingerprint density at radius 1 is 1.30 bits per heavy atom. The van der Waals surface area contributed by atoms with E-state index in [2.05, 4.69) is 46.1 Å². The van der Waals surface area contributed by atoms with Gasteiger partial charge in [0.25, 0.3) is 0 Å². The minimum absolute atomic E-state index is 0.411. The number of hydrogen-bond acceptors (Lipinski definition) is 5. The number of fused-ring (bicyclic) bond motifs is 1. The van der Waals surface area contributed by atoms with Crippen LogP contribution >= 0.6 is 11.8 Å². The van der Waals surface area contributed by atoms with Crippen molar-refractivity contribution in [1.82, 2.24) is 9.97 Å². The van der Waals surface area contributed by atoms with Crippen LogP contribution in [0.4, 0.5) is 17.3 Å². The highest BCUT2D eigenvalue weighted by atomic mass is 32.2. The normalized spacial score (nSPS) is 17.9. The summed E-state index contributed by atoms with van der Waals surface area (Å²) in [6.07, 6.45) is 4.20. The first-order chi connectivity index (χ1) is 9.69. The molecule has 1 unspecified atom stereocenters. The van der Waals surface area contributed by atoms with Crippen LogP contribution in [0.25, 0.3) is 0 Å². The lowest BCUT2D eigenvalue weighted by molar-refractivity contribution is 0.611. The van der Waals surface area contributed by atoms with E-state index >= 15 is 0 Å². The van der Waals surface area contributed by atoms with E-state index in [4.69, 9.17) is 5.73 Å². The lowest BCUT2D eigenvalue weighted by Gasteiger charge is -2.36. The van der Waals surface area contributed by atoms with Gasteiger partial charge in [-0.05, 0) is 37.7 Å². The highest BCUT2D eigenvalue weighted by Gasteiger charge is 2.25. The summed E-state index contributed by atoms with van der Waals surface area (Å²) in [7, 11) is 0. The van der Waals surface area contributed by atoms with E-state index in [9.17, 15) is 0 Å². The van der Waals surface area contributed by atoms with E-state index in [-0.39, 0.29) is 0 Å². The second-order valence-electron chi connectivity index (χ2n) is 5.02. The number of benzene rings is 1. The molecule has 0 spiro atoms. The summed E-state index contributed by atoms with van der Waals surface area (Å²) in [4.78, 5) is 11.1. The van der Waals surface area contributed by atoms with E-state index in [0.29, 0.717) is 11.9 Å². The zero-order valence-electron chi connectivity index (χ0n) is 11.7. The Bertz CT molecular complexity index is 629. The number of para-hydroxylation sites is 1. The van der Waals surface area contributed by atoms with Gasteiger partial charge in [0.2, 0.25) is 0 Å². The second-order valence-corrected chi connectivity index (χ2v) is 5.80. The molecule has 20 heavy (non-hydrogen) atoms. The first kappa shape index (κ1) is 13.2. The first-order valence-electron chi connectivity index (χ1n) is 6.74. The van der Waals surface area contributed by atoms with Gasteiger partial charge in [-0.1, -0.05) is 30.0 Å². The number of hydrogen-bond donors (Lipinski definition) is 1. The zero-order chi connectivity index (χ0) is 14.1. The van der Waals surface area contributed by atoms with Crippen LogP contribution in [0, 0.1) is 0 Å². The molecule has 0 fully saturated rings. The Balaban J connectivity index is 2.11. The standard InChI is InChI=1S/C15H18N4S/c1-10-7-8-11-5-3-4-6-12(11)19(10)14-9-13(16)17-15(18-14)20-2/h3-6,9-10H,7-8H2,1-2H3,(H2,16,17,18). The molecule has 0 saturated carbocycles. The van der Waals surface area contributed by atoms with Crippen LogP contribution in [-0.4, -0.2) is 22.3 Å². The SMILES string of the molecule is CSc1nc(N)cc(N2c3ccccc3CCC2C)n1. The van der Waals surface area contributed by atoms with Gasteiger partial charge in [-0.2, -0.15) is 0 Å². The average Bonchev–Trinajstić information content (AvgIpc) is 2.46. The molecule has 2 N–H and O–H groups in total. The summed E-state index contributed by atoms with van der Waals surface area (Å²) in [6, 6.07) is 10.8. The van der Waals surface area contributed by atoms with Crippen molar-refractivity contribution in [3.63, 3.8) is 0 Å². The molecule has 4 nitrogen and oxygen atoms in total. The Morgan fingerprint density at radius 2 is 2.10 bits per heavy atom. The van der Waals surface area contributed by atoms with Crippen LogP contribution in [0.1, 0.15) is 18.9 Å². The molecule has 0 saturated heterocycles. The molecule has 0 radical (unpaired) electrons. The van der Waals surface area contributed by atoms with Crippen molar-refractivity contribution in [3.8, 4) is 0 Å². The van der Waals surface area contributed by atoms with Gasteiger partial charge in [0.1, 0.15) is 11.6 Å². The number of thioether (sulfide) groups is 1. The van der Waals surface area contributed by atoms with Crippen molar-refractivity contribution in [2.45, 2.75) is 31.0 Å². The number of rotatable bonds is 2. The van der Waals surface area contributed by atoms with Crippen LogP contribution in [0.3, 0.4) is 0 Å². The minimum Gasteiger partial charge on any atom is -0.383 e.